The van der Waals surface area contributed by atoms with E-state index in [2.05, 4.69) is 5.16 Å². The molecular weight excluding hydrogens is 321 g/mol. The van der Waals surface area contributed by atoms with E-state index in [9.17, 15) is 9.18 Å². The summed E-state index contributed by atoms with van der Waals surface area (Å²) in [5.41, 5.74) is 1.41. The van der Waals surface area contributed by atoms with Gasteiger partial charge in [0.1, 0.15) is 18.1 Å². The molecule has 0 unspecified atom stereocenters. The summed E-state index contributed by atoms with van der Waals surface area (Å²) < 4.78 is 23.4. The van der Waals surface area contributed by atoms with Crippen LogP contribution in [0.25, 0.3) is 11.3 Å². The van der Waals surface area contributed by atoms with Crippen LogP contribution in [0.1, 0.15) is 16.1 Å². The van der Waals surface area contributed by atoms with E-state index in [4.69, 9.17) is 20.9 Å². The van der Waals surface area contributed by atoms with E-state index in [0.717, 1.165) is 11.6 Å². The van der Waals surface area contributed by atoms with Crippen LogP contribution in [-0.2, 0) is 11.3 Å². The Balaban J connectivity index is 1.65. The zero-order valence-electron chi connectivity index (χ0n) is 11.8. The Morgan fingerprint density at radius 3 is 2.70 bits per heavy atom. The van der Waals surface area contributed by atoms with E-state index in [0.29, 0.717) is 16.5 Å². The Kier molecular flexibility index (Phi) is 4.39. The third-order valence-electron chi connectivity index (χ3n) is 3.10. The molecule has 0 fully saturated rings. The Labute approximate surface area is 136 Å². The molecule has 23 heavy (non-hydrogen) atoms. The maximum atomic E-state index is 13.1. The minimum absolute atomic E-state index is 0.0631. The minimum atomic E-state index is -0.624. The second-order valence-corrected chi connectivity index (χ2v) is 5.21. The predicted octanol–water partition coefficient (Wildman–Crippen LogP) is 4.49. The van der Waals surface area contributed by atoms with Crippen LogP contribution in [0.4, 0.5) is 4.39 Å². The van der Waals surface area contributed by atoms with Crippen molar-refractivity contribution in [1.82, 2.24) is 5.16 Å². The molecule has 4 nitrogen and oxygen atoms in total. The maximum absolute atomic E-state index is 13.1. The number of halogens is 2. The number of aromatic nitrogens is 1. The summed E-state index contributed by atoms with van der Waals surface area (Å²) in [7, 11) is 0. The number of carbonyl (C=O) groups is 1. The van der Waals surface area contributed by atoms with E-state index in [1.165, 1.54) is 18.2 Å². The molecule has 0 aliphatic rings. The van der Waals surface area contributed by atoms with Gasteiger partial charge in [0.15, 0.2) is 5.76 Å². The largest absolute Gasteiger partial charge is 0.455 e. The average molecular weight is 332 g/mol. The van der Waals surface area contributed by atoms with Gasteiger partial charge < -0.3 is 9.26 Å². The Bertz CT molecular complexity index is 830. The molecule has 0 N–H and O–H groups in total. The van der Waals surface area contributed by atoms with Crippen molar-refractivity contribution >= 4 is 17.6 Å². The molecule has 0 saturated carbocycles. The quantitative estimate of drug-likeness (QED) is 0.661. The summed E-state index contributed by atoms with van der Waals surface area (Å²) in [5, 5.41) is 4.46. The first-order chi connectivity index (χ1) is 11.1. The van der Waals surface area contributed by atoms with Gasteiger partial charge in [-0.15, -0.1) is 0 Å². The van der Waals surface area contributed by atoms with Gasteiger partial charge >= 0.3 is 5.97 Å². The number of benzene rings is 2. The lowest BCUT2D eigenvalue weighted by Crippen LogP contribution is -2.05. The lowest BCUT2D eigenvalue weighted by molar-refractivity contribution is 0.0463. The molecule has 3 rings (SSSR count). The van der Waals surface area contributed by atoms with Gasteiger partial charge in [0, 0.05) is 16.7 Å². The number of hydrogen-bond acceptors (Lipinski definition) is 4. The fourth-order valence-corrected chi connectivity index (χ4v) is 2.09. The zero-order valence-corrected chi connectivity index (χ0v) is 12.6. The van der Waals surface area contributed by atoms with Crippen LogP contribution in [0.5, 0.6) is 0 Å². The lowest BCUT2D eigenvalue weighted by Gasteiger charge is -2.02. The van der Waals surface area contributed by atoms with Crippen LogP contribution in [0.2, 0.25) is 5.02 Å². The van der Waals surface area contributed by atoms with Crippen LogP contribution >= 0.6 is 11.6 Å². The van der Waals surface area contributed by atoms with Crippen molar-refractivity contribution in [3.8, 4) is 11.3 Å². The SMILES string of the molecule is O=C(OCc1cc(-c2ccc(Cl)cc2)on1)c1cccc(F)c1. The van der Waals surface area contributed by atoms with Gasteiger partial charge in [-0.1, -0.05) is 22.8 Å². The molecular formula is C17H11ClFNO3. The summed E-state index contributed by atoms with van der Waals surface area (Å²) in [6.07, 6.45) is 0. The van der Waals surface area contributed by atoms with Gasteiger partial charge in [-0.05, 0) is 42.5 Å². The van der Waals surface area contributed by atoms with E-state index in [-0.39, 0.29) is 12.2 Å². The highest BCUT2D eigenvalue weighted by Gasteiger charge is 2.11. The average Bonchev–Trinajstić information content (AvgIpc) is 3.02. The normalized spacial score (nSPS) is 10.5. The van der Waals surface area contributed by atoms with Crippen LogP contribution in [0.15, 0.2) is 59.1 Å². The van der Waals surface area contributed by atoms with Crippen molar-refractivity contribution in [2.45, 2.75) is 6.61 Å². The van der Waals surface area contributed by atoms with Crippen molar-refractivity contribution in [2.75, 3.05) is 0 Å². The molecule has 0 aliphatic carbocycles. The fraction of sp³-hybridized carbons (Fsp3) is 0.0588. The Hall–Kier alpha value is -2.66. The molecule has 0 aliphatic heterocycles. The zero-order chi connectivity index (χ0) is 16.2. The molecule has 0 bridgehead atoms. The molecule has 0 amide bonds. The fourth-order valence-electron chi connectivity index (χ4n) is 1.97. The molecule has 2 aromatic carbocycles. The van der Waals surface area contributed by atoms with Crippen molar-refractivity contribution in [3.63, 3.8) is 0 Å². The van der Waals surface area contributed by atoms with Crippen molar-refractivity contribution in [3.05, 3.63) is 76.7 Å². The third kappa shape index (κ3) is 3.76. The first-order valence-corrected chi connectivity index (χ1v) is 7.14. The third-order valence-corrected chi connectivity index (χ3v) is 3.35. The lowest BCUT2D eigenvalue weighted by atomic mass is 10.2. The molecule has 6 heteroatoms. The molecule has 0 saturated heterocycles. The Morgan fingerprint density at radius 2 is 1.96 bits per heavy atom. The second-order valence-electron chi connectivity index (χ2n) is 4.78. The van der Waals surface area contributed by atoms with Crippen LogP contribution < -0.4 is 0 Å². The minimum Gasteiger partial charge on any atom is -0.455 e. The molecule has 0 spiro atoms. The van der Waals surface area contributed by atoms with Crippen molar-refractivity contribution in [2.24, 2.45) is 0 Å². The summed E-state index contributed by atoms with van der Waals surface area (Å²) in [6, 6.07) is 14.0. The molecule has 1 aromatic heterocycles. The van der Waals surface area contributed by atoms with Gasteiger partial charge in [0.2, 0.25) is 0 Å². The van der Waals surface area contributed by atoms with Gasteiger partial charge in [-0.3, -0.25) is 0 Å². The number of esters is 1. The van der Waals surface area contributed by atoms with E-state index in [1.807, 2.05) is 0 Å². The highest BCUT2D eigenvalue weighted by atomic mass is 35.5. The molecule has 0 radical (unpaired) electrons. The highest BCUT2D eigenvalue weighted by molar-refractivity contribution is 6.30. The van der Waals surface area contributed by atoms with Gasteiger partial charge in [-0.25, -0.2) is 9.18 Å². The topological polar surface area (TPSA) is 52.3 Å². The maximum Gasteiger partial charge on any atom is 0.338 e. The van der Waals surface area contributed by atoms with Gasteiger partial charge in [0.05, 0.1) is 5.56 Å². The molecule has 1 heterocycles. The van der Waals surface area contributed by atoms with Crippen molar-refractivity contribution < 1.29 is 18.4 Å². The summed E-state index contributed by atoms with van der Waals surface area (Å²) in [6.45, 7) is -0.0631. The van der Waals surface area contributed by atoms with Crippen LogP contribution in [0.3, 0.4) is 0 Å². The number of ether oxygens (including phenoxy) is 1. The number of hydrogen-bond donors (Lipinski definition) is 0. The number of rotatable bonds is 4. The van der Waals surface area contributed by atoms with E-state index >= 15 is 0 Å². The first-order valence-electron chi connectivity index (χ1n) is 6.76. The standard InChI is InChI=1S/C17H11ClFNO3/c18-13-6-4-11(5-7-13)16-9-15(20-23-16)10-22-17(21)12-2-1-3-14(19)8-12/h1-9H,10H2. The monoisotopic (exact) mass is 331 g/mol. The second kappa shape index (κ2) is 6.62. The van der Waals surface area contributed by atoms with E-state index in [1.54, 1.807) is 30.3 Å². The van der Waals surface area contributed by atoms with Crippen LogP contribution in [-0.4, -0.2) is 11.1 Å². The summed E-state index contributed by atoms with van der Waals surface area (Å²) in [5.74, 6) is -0.579. The van der Waals surface area contributed by atoms with E-state index < -0.39 is 11.8 Å². The molecule has 0 atom stereocenters. The smallest absolute Gasteiger partial charge is 0.338 e. The molecule has 116 valence electrons. The number of carbonyl (C=O) groups excluding carboxylic acids is 1. The number of nitrogens with zero attached hydrogens (tertiary/aromatic N) is 1. The van der Waals surface area contributed by atoms with Gasteiger partial charge in [-0.2, -0.15) is 0 Å². The van der Waals surface area contributed by atoms with Gasteiger partial charge in [0.25, 0.3) is 0 Å². The highest BCUT2D eigenvalue weighted by Crippen LogP contribution is 2.22. The molecule has 3 aromatic rings. The summed E-state index contributed by atoms with van der Waals surface area (Å²) in [4.78, 5) is 11.8. The first kappa shape index (κ1) is 15.2. The summed E-state index contributed by atoms with van der Waals surface area (Å²) >= 11 is 5.83. The van der Waals surface area contributed by atoms with Crippen molar-refractivity contribution in [1.29, 1.82) is 0 Å². The Morgan fingerprint density at radius 1 is 1.17 bits per heavy atom. The predicted molar refractivity (Wildman–Crippen MR) is 82.5 cm³/mol. The van der Waals surface area contributed by atoms with Crippen LogP contribution in [0, 0.1) is 5.82 Å².